The van der Waals surface area contributed by atoms with E-state index in [2.05, 4.69) is 4.98 Å². The number of aromatic nitrogens is 2. The summed E-state index contributed by atoms with van der Waals surface area (Å²) in [5, 5.41) is 8.88. The van der Waals surface area contributed by atoms with Crippen molar-refractivity contribution >= 4 is 28.7 Å². The van der Waals surface area contributed by atoms with Crippen LogP contribution in [0, 0.1) is 0 Å². The number of H-pyrrole nitrogens is 1. The molecule has 1 aliphatic heterocycles. The van der Waals surface area contributed by atoms with Crippen LogP contribution in [0.2, 0.25) is 0 Å². The molecule has 0 spiro atoms. The van der Waals surface area contributed by atoms with Crippen LogP contribution in [-0.2, 0) is 9.47 Å². The van der Waals surface area contributed by atoms with E-state index in [1.54, 1.807) is 10.2 Å². The van der Waals surface area contributed by atoms with Crippen molar-refractivity contribution in [3.8, 4) is 0 Å². The first-order chi connectivity index (χ1) is 8.65. The minimum Gasteiger partial charge on any atom is -0.391 e. The molecular formula is C10H11IN2O5. The molecule has 2 N–H and O–H groups in total. The maximum Gasteiger partial charge on any atom is 0.330 e. The zero-order valence-corrected chi connectivity index (χ0v) is 11.4. The number of aliphatic hydroxyl groups is 1. The Morgan fingerprint density at radius 1 is 1.61 bits per heavy atom. The summed E-state index contributed by atoms with van der Waals surface area (Å²) in [5.74, 6) is 0. The molecule has 2 atom stereocenters. The Bertz CT molecular complexity index is 564. The summed E-state index contributed by atoms with van der Waals surface area (Å²) in [6.07, 6.45) is 1.60. The largest absolute Gasteiger partial charge is 0.391 e. The van der Waals surface area contributed by atoms with Gasteiger partial charge in [-0.1, -0.05) is 22.6 Å². The fraction of sp³-hybridized carbons (Fsp3) is 0.400. The van der Waals surface area contributed by atoms with Crippen LogP contribution >= 0.6 is 22.6 Å². The summed E-state index contributed by atoms with van der Waals surface area (Å²) >= 11 is 1.98. The maximum absolute atomic E-state index is 11.7. The lowest BCUT2D eigenvalue weighted by atomic mass is 10.3. The lowest BCUT2D eigenvalue weighted by molar-refractivity contribution is -0.0993. The molecule has 98 valence electrons. The predicted octanol–water partition coefficient (Wildman–Crippen LogP) is -0.194. The number of nitrogens with zero attached hydrogens (tertiary/aromatic N) is 1. The van der Waals surface area contributed by atoms with E-state index in [4.69, 9.17) is 14.6 Å². The molecule has 0 radical (unpaired) electrons. The lowest BCUT2D eigenvalue weighted by Crippen LogP contribution is -2.34. The van der Waals surface area contributed by atoms with Gasteiger partial charge < -0.3 is 14.6 Å². The number of halogens is 1. The number of nitrogens with one attached hydrogen (secondary N) is 1. The Hall–Kier alpha value is -0.970. The summed E-state index contributed by atoms with van der Waals surface area (Å²) in [6.45, 7) is -0.139. The molecule has 2 rings (SSSR count). The van der Waals surface area contributed by atoms with Gasteiger partial charge in [-0.25, -0.2) is 4.79 Å². The highest BCUT2D eigenvalue weighted by Gasteiger charge is 2.27. The predicted molar refractivity (Wildman–Crippen MR) is 71.3 cm³/mol. The van der Waals surface area contributed by atoms with E-state index in [-0.39, 0.29) is 13.2 Å². The van der Waals surface area contributed by atoms with Crippen LogP contribution in [0.5, 0.6) is 0 Å². The Kier molecular flexibility index (Phi) is 4.32. The van der Waals surface area contributed by atoms with Crippen LogP contribution in [0.3, 0.4) is 0 Å². The quantitative estimate of drug-likeness (QED) is 0.724. The number of hydrogen-bond acceptors (Lipinski definition) is 5. The van der Waals surface area contributed by atoms with E-state index >= 15 is 0 Å². The van der Waals surface area contributed by atoms with Gasteiger partial charge in [0.15, 0.2) is 12.5 Å². The highest BCUT2D eigenvalue weighted by molar-refractivity contribution is 14.1. The van der Waals surface area contributed by atoms with E-state index in [0.717, 1.165) is 0 Å². The lowest BCUT2D eigenvalue weighted by Gasteiger charge is -2.12. The first-order valence-electron chi connectivity index (χ1n) is 5.16. The van der Waals surface area contributed by atoms with Gasteiger partial charge in [0.05, 0.1) is 18.8 Å². The molecule has 2 unspecified atom stereocenters. The van der Waals surface area contributed by atoms with Crippen LogP contribution < -0.4 is 11.2 Å². The number of aliphatic hydroxyl groups excluding tert-OH is 1. The zero-order chi connectivity index (χ0) is 13.1. The summed E-state index contributed by atoms with van der Waals surface area (Å²) in [6, 6.07) is 0. The topological polar surface area (TPSA) is 93.6 Å². The van der Waals surface area contributed by atoms with Crippen LogP contribution in [-0.4, -0.2) is 34.2 Å². The Morgan fingerprint density at radius 3 is 3.00 bits per heavy atom. The van der Waals surface area contributed by atoms with Crippen molar-refractivity contribution in [2.45, 2.75) is 12.5 Å². The molecule has 1 fully saturated rings. The highest BCUT2D eigenvalue weighted by Crippen LogP contribution is 2.18. The van der Waals surface area contributed by atoms with E-state index in [9.17, 15) is 9.59 Å². The van der Waals surface area contributed by atoms with Crippen molar-refractivity contribution in [2.75, 3.05) is 13.2 Å². The van der Waals surface area contributed by atoms with Gasteiger partial charge in [0.25, 0.3) is 5.56 Å². The highest BCUT2D eigenvalue weighted by atomic mass is 127. The SMILES string of the molecule is O=c1[nH]c(=O)n(C2COC(CO)O2)cc1/C=C/I. The number of rotatable bonds is 3. The summed E-state index contributed by atoms with van der Waals surface area (Å²) in [4.78, 5) is 25.3. The molecule has 7 nitrogen and oxygen atoms in total. The molecular weight excluding hydrogens is 355 g/mol. The van der Waals surface area contributed by atoms with E-state index in [1.165, 1.54) is 10.8 Å². The molecule has 1 aromatic heterocycles. The maximum atomic E-state index is 11.7. The molecule has 0 aromatic carbocycles. The minimum absolute atomic E-state index is 0.143. The summed E-state index contributed by atoms with van der Waals surface area (Å²) in [7, 11) is 0. The van der Waals surface area contributed by atoms with Gasteiger partial charge in [0.1, 0.15) is 0 Å². The summed E-state index contributed by atoms with van der Waals surface area (Å²) < 4.78 is 13.3. The first kappa shape index (κ1) is 13.5. The van der Waals surface area contributed by atoms with Gasteiger partial charge in [0, 0.05) is 6.20 Å². The van der Waals surface area contributed by atoms with Crippen molar-refractivity contribution < 1.29 is 14.6 Å². The van der Waals surface area contributed by atoms with Gasteiger partial charge in [-0.15, -0.1) is 0 Å². The third kappa shape index (κ3) is 2.71. The molecule has 0 bridgehead atoms. The number of ether oxygens (including phenoxy) is 2. The van der Waals surface area contributed by atoms with Gasteiger partial charge >= 0.3 is 5.69 Å². The van der Waals surface area contributed by atoms with E-state index < -0.39 is 23.8 Å². The molecule has 0 amide bonds. The molecule has 0 saturated carbocycles. The van der Waals surface area contributed by atoms with Crippen molar-refractivity contribution in [3.05, 3.63) is 36.7 Å². The smallest absolute Gasteiger partial charge is 0.330 e. The third-order valence-electron chi connectivity index (χ3n) is 2.43. The molecule has 1 aromatic rings. The van der Waals surface area contributed by atoms with Gasteiger partial charge in [-0.05, 0) is 10.2 Å². The average Bonchev–Trinajstić information content (AvgIpc) is 2.81. The van der Waals surface area contributed by atoms with Crippen LogP contribution in [0.25, 0.3) is 6.08 Å². The zero-order valence-electron chi connectivity index (χ0n) is 9.21. The van der Waals surface area contributed by atoms with Gasteiger partial charge in [0.2, 0.25) is 0 Å². The summed E-state index contributed by atoms with van der Waals surface area (Å²) in [5.41, 5.74) is -0.681. The Balaban J connectivity index is 2.36. The van der Waals surface area contributed by atoms with Gasteiger partial charge in [-0.2, -0.15) is 0 Å². The second-order valence-electron chi connectivity index (χ2n) is 3.58. The van der Waals surface area contributed by atoms with Crippen LogP contribution in [0.1, 0.15) is 11.8 Å². The number of aromatic amines is 1. The van der Waals surface area contributed by atoms with Crippen LogP contribution in [0.15, 0.2) is 19.9 Å². The number of hydrogen-bond donors (Lipinski definition) is 2. The van der Waals surface area contributed by atoms with Gasteiger partial charge in [-0.3, -0.25) is 14.3 Å². The van der Waals surface area contributed by atoms with Crippen molar-refractivity contribution in [1.82, 2.24) is 9.55 Å². The Labute approximate surface area is 115 Å². The fourth-order valence-corrected chi connectivity index (χ4v) is 1.97. The molecule has 1 aliphatic rings. The fourth-order valence-electron chi connectivity index (χ4n) is 1.59. The van der Waals surface area contributed by atoms with Crippen molar-refractivity contribution in [3.63, 3.8) is 0 Å². The first-order valence-corrected chi connectivity index (χ1v) is 6.40. The molecule has 1 saturated heterocycles. The van der Waals surface area contributed by atoms with E-state index in [0.29, 0.717) is 5.56 Å². The third-order valence-corrected chi connectivity index (χ3v) is 2.79. The molecule has 8 heteroatoms. The average molecular weight is 366 g/mol. The van der Waals surface area contributed by atoms with Crippen molar-refractivity contribution in [2.24, 2.45) is 0 Å². The minimum atomic E-state index is -0.739. The Morgan fingerprint density at radius 2 is 2.39 bits per heavy atom. The van der Waals surface area contributed by atoms with Crippen molar-refractivity contribution in [1.29, 1.82) is 0 Å². The monoisotopic (exact) mass is 366 g/mol. The second kappa shape index (κ2) is 5.78. The molecule has 0 aliphatic carbocycles. The molecule has 18 heavy (non-hydrogen) atoms. The second-order valence-corrected chi connectivity index (χ2v) is 4.30. The molecule has 2 heterocycles. The standard InChI is InChI=1S/C10H11IN2O5/c11-2-1-6-3-13(10(16)12-9(6)15)7-5-17-8(4-14)18-7/h1-3,7-8,14H,4-5H2,(H,12,15,16)/b2-1+. The van der Waals surface area contributed by atoms with Crippen LogP contribution in [0.4, 0.5) is 0 Å². The van der Waals surface area contributed by atoms with E-state index in [1.807, 2.05) is 22.6 Å². The normalized spacial score (nSPS) is 23.9.